The highest BCUT2D eigenvalue weighted by molar-refractivity contribution is 9.10. The van der Waals surface area contributed by atoms with Crippen molar-refractivity contribution in [3.63, 3.8) is 0 Å². The number of aliphatic imine (C=N–C) groups is 2. The van der Waals surface area contributed by atoms with Crippen molar-refractivity contribution in [2.24, 2.45) is 15.7 Å². The topological polar surface area (TPSA) is 172 Å². The molecule has 33 heavy (non-hydrogen) atoms. The van der Waals surface area contributed by atoms with Gasteiger partial charge in [-0.1, -0.05) is 19.8 Å². The molecule has 6 N–H and O–H groups in total. The van der Waals surface area contributed by atoms with Crippen LogP contribution in [0.4, 0.5) is 20.7 Å². The van der Waals surface area contributed by atoms with Crippen LogP contribution in [-0.4, -0.2) is 53.1 Å². The van der Waals surface area contributed by atoms with Crippen molar-refractivity contribution in [2.45, 2.75) is 32.6 Å². The number of hydrogen-bond acceptors (Lipinski definition) is 9. The van der Waals surface area contributed by atoms with Gasteiger partial charge in [0.05, 0.1) is 16.8 Å². The van der Waals surface area contributed by atoms with Crippen molar-refractivity contribution >= 4 is 45.3 Å². The van der Waals surface area contributed by atoms with Gasteiger partial charge in [0.1, 0.15) is 5.82 Å². The van der Waals surface area contributed by atoms with Gasteiger partial charge in [-0.2, -0.15) is 0 Å². The Kier molecular flexibility index (Phi) is 11.0. The number of nitrogens with zero attached hydrogens (tertiary/aromatic N) is 4. The molecule has 1 aromatic carbocycles. The van der Waals surface area contributed by atoms with E-state index in [0.29, 0.717) is 31.8 Å². The fraction of sp³-hybridized carbons (Fsp3) is 0.421. The molecule has 0 atom stereocenters. The molecule has 0 aliphatic rings. The second kappa shape index (κ2) is 14.0. The zero-order valence-electron chi connectivity index (χ0n) is 18.0. The summed E-state index contributed by atoms with van der Waals surface area (Å²) in [5.74, 6) is -0.313. The van der Waals surface area contributed by atoms with Gasteiger partial charge < -0.3 is 15.8 Å². The third-order valence-corrected chi connectivity index (χ3v) is 4.69. The lowest BCUT2D eigenvalue weighted by atomic mass is 10.3. The molecule has 180 valence electrons. The molecule has 12 nitrogen and oxygen atoms in total. The van der Waals surface area contributed by atoms with E-state index in [9.17, 15) is 14.4 Å². The molecule has 0 radical (unpaired) electrons. The average molecular weight is 529 g/mol. The summed E-state index contributed by atoms with van der Waals surface area (Å²) < 4.78 is 23.3. The molecule has 1 aromatic heterocycles. The van der Waals surface area contributed by atoms with Gasteiger partial charge >= 0.3 is 6.09 Å². The van der Waals surface area contributed by atoms with Gasteiger partial charge in [-0.15, -0.1) is 0 Å². The number of halogens is 2. The zero-order valence-corrected chi connectivity index (χ0v) is 19.6. The number of amides is 1. The van der Waals surface area contributed by atoms with Crippen LogP contribution in [0.25, 0.3) is 0 Å². The molecule has 0 fully saturated rings. The van der Waals surface area contributed by atoms with Crippen LogP contribution in [0, 0.1) is 5.82 Å². The third-order valence-electron chi connectivity index (χ3n) is 4.08. The minimum absolute atomic E-state index is 0.0383. The number of carbonyl (C=O) groups is 1. The van der Waals surface area contributed by atoms with Crippen LogP contribution >= 0.6 is 15.9 Å². The number of benzene rings is 1. The zero-order chi connectivity index (χ0) is 24.1. The fourth-order valence-electron chi connectivity index (χ4n) is 2.46. The number of amidine groups is 1. The maximum absolute atomic E-state index is 13.4. The summed E-state index contributed by atoms with van der Waals surface area (Å²) in [5, 5.41) is 22.2. The molecule has 0 unspecified atom stereocenters. The minimum atomic E-state index is -0.639. The Morgan fingerprint density at radius 2 is 2.15 bits per heavy atom. The van der Waals surface area contributed by atoms with Crippen molar-refractivity contribution in [1.82, 2.24) is 21.1 Å². The molecule has 14 heteroatoms. The second-order valence-corrected chi connectivity index (χ2v) is 7.50. The first-order chi connectivity index (χ1) is 15.9. The molecule has 0 saturated heterocycles. The SMILES string of the molecule is CCCCCOC(=O)NC(N)=NCCCNc1nonc1C(=Nc1ccc(F)c(Br)c1)NO. The van der Waals surface area contributed by atoms with Crippen molar-refractivity contribution in [1.29, 1.82) is 0 Å². The lowest BCUT2D eigenvalue weighted by Gasteiger charge is -2.07. The number of carbonyl (C=O) groups excluding carboxylic acids is 1. The van der Waals surface area contributed by atoms with E-state index in [-0.39, 0.29) is 27.8 Å². The molecule has 0 bridgehead atoms. The number of rotatable bonds is 11. The summed E-state index contributed by atoms with van der Waals surface area (Å²) in [6, 6.07) is 4.09. The maximum atomic E-state index is 13.4. The Hall–Kier alpha value is -3.26. The molecule has 2 aromatic rings. The van der Waals surface area contributed by atoms with Crippen molar-refractivity contribution in [2.75, 3.05) is 25.0 Å². The van der Waals surface area contributed by atoms with Crippen LogP contribution in [0.1, 0.15) is 38.3 Å². The number of ether oxygens (including phenoxy) is 1. The van der Waals surface area contributed by atoms with Gasteiger partial charge in [-0.3, -0.25) is 21.0 Å². The van der Waals surface area contributed by atoms with E-state index < -0.39 is 11.9 Å². The van der Waals surface area contributed by atoms with Crippen LogP contribution < -0.4 is 21.8 Å². The van der Waals surface area contributed by atoms with E-state index in [1.807, 2.05) is 5.48 Å². The molecule has 0 spiro atoms. The first kappa shape index (κ1) is 26.0. The Morgan fingerprint density at radius 1 is 1.33 bits per heavy atom. The quantitative estimate of drug-likeness (QED) is 0.127. The Labute approximate surface area is 197 Å². The molecular weight excluding hydrogens is 503 g/mol. The molecule has 0 aliphatic heterocycles. The van der Waals surface area contributed by atoms with Gasteiger partial charge in [0, 0.05) is 13.1 Å². The van der Waals surface area contributed by atoms with Crippen LogP contribution in [0.5, 0.6) is 0 Å². The molecule has 2 rings (SSSR count). The van der Waals surface area contributed by atoms with Crippen LogP contribution in [0.15, 0.2) is 37.3 Å². The van der Waals surface area contributed by atoms with E-state index in [1.165, 1.54) is 18.2 Å². The fourth-order valence-corrected chi connectivity index (χ4v) is 2.82. The van der Waals surface area contributed by atoms with E-state index in [0.717, 1.165) is 19.3 Å². The van der Waals surface area contributed by atoms with Gasteiger partial charge in [-0.05, 0) is 57.3 Å². The number of anilines is 1. The summed E-state index contributed by atoms with van der Waals surface area (Å²) in [6.07, 6.45) is 2.71. The number of nitrogens with two attached hydrogens (primary N) is 1. The van der Waals surface area contributed by atoms with Gasteiger partial charge in [0.2, 0.25) is 5.82 Å². The Morgan fingerprint density at radius 3 is 2.88 bits per heavy atom. The summed E-state index contributed by atoms with van der Waals surface area (Å²) >= 11 is 3.07. The van der Waals surface area contributed by atoms with Gasteiger partial charge in [0.15, 0.2) is 17.5 Å². The number of hydroxylamine groups is 1. The van der Waals surface area contributed by atoms with E-state index in [1.54, 1.807) is 0 Å². The van der Waals surface area contributed by atoms with Crippen molar-refractivity contribution < 1.29 is 23.8 Å². The average Bonchev–Trinajstić information content (AvgIpc) is 3.25. The predicted molar refractivity (Wildman–Crippen MR) is 123 cm³/mol. The van der Waals surface area contributed by atoms with E-state index in [2.05, 4.69) is 53.8 Å². The van der Waals surface area contributed by atoms with Gasteiger partial charge in [-0.25, -0.2) is 18.8 Å². The summed E-state index contributed by atoms with van der Waals surface area (Å²) in [7, 11) is 0. The normalized spacial score (nSPS) is 11.9. The lowest BCUT2D eigenvalue weighted by Crippen LogP contribution is -2.37. The van der Waals surface area contributed by atoms with Gasteiger partial charge in [0.25, 0.3) is 0 Å². The first-order valence-electron chi connectivity index (χ1n) is 10.2. The van der Waals surface area contributed by atoms with Crippen molar-refractivity contribution in [3.05, 3.63) is 34.2 Å². The summed E-state index contributed by atoms with van der Waals surface area (Å²) in [6.45, 7) is 3.11. The smallest absolute Gasteiger partial charge is 0.413 e. The number of guanidine groups is 1. The highest BCUT2D eigenvalue weighted by Crippen LogP contribution is 2.23. The second-order valence-electron chi connectivity index (χ2n) is 6.65. The van der Waals surface area contributed by atoms with Crippen molar-refractivity contribution in [3.8, 4) is 0 Å². The first-order valence-corrected chi connectivity index (χ1v) is 11.0. The Balaban J connectivity index is 1.83. The summed E-state index contributed by atoms with van der Waals surface area (Å²) in [4.78, 5) is 19.8. The number of nitrogens with one attached hydrogen (secondary N) is 3. The molecule has 0 saturated carbocycles. The lowest BCUT2D eigenvalue weighted by molar-refractivity contribution is 0.149. The molecule has 1 amide bonds. The largest absolute Gasteiger partial charge is 0.449 e. The standard InChI is InChI=1S/C19H26BrFN8O4/c1-2-3-4-10-32-19(30)26-18(22)24-9-5-8-23-16-15(28-33-29-16)17(27-31)25-12-6-7-14(21)13(20)11-12/h6-7,11,31H,2-5,8-10H2,1H3,(H,23,29)(H,25,27)(H3,22,24,26,30). The van der Waals surface area contributed by atoms with Crippen LogP contribution in [0.2, 0.25) is 0 Å². The minimum Gasteiger partial charge on any atom is -0.449 e. The van der Waals surface area contributed by atoms with Crippen LogP contribution in [0.3, 0.4) is 0 Å². The number of unbranched alkanes of at least 4 members (excludes halogenated alkanes) is 2. The monoisotopic (exact) mass is 528 g/mol. The number of aromatic nitrogens is 2. The Bertz CT molecular complexity index is 969. The maximum Gasteiger partial charge on any atom is 0.413 e. The predicted octanol–water partition coefficient (Wildman–Crippen LogP) is 3.06. The van der Waals surface area contributed by atoms with E-state index >= 15 is 0 Å². The molecular formula is C19H26BrFN8O4. The summed E-state index contributed by atoms with van der Waals surface area (Å²) in [5.41, 5.74) is 8.07. The van der Waals surface area contributed by atoms with Crippen LogP contribution in [-0.2, 0) is 4.74 Å². The highest BCUT2D eigenvalue weighted by Gasteiger charge is 2.16. The number of hydrogen-bond donors (Lipinski definition) is 5. The molecule has 1 heterocycles. The highest BCUT2D eigenvalue weighted by atomic mass is 79.9. The number of alkyl carbamates (subject to hydrolysis) is 1. The molecule has 0 aliphatic carbocycles. The van der Waals surface area contributed by atoms with E-state index in [4.69, 9.17) is 15.1 Å². The third kappa shape index (κ3) is 9.02.